The van der Waals surface area contributed by atoms with Gasteiger partial charge in [-0.1, -0.05) is 103 Å². The summed E-state index contributed by atoms with van der Waals surface area (Å²) in [5, 5.41) is 2.95. The van der Waals surface area contributed by atoms with Gasteiger partial charge in [-0.25, -0.2) is 0 Å². The van der Waals surface area contributed by atoms with Gasteiger partial charge in [0, 0.05) is 20.3 Å². The zero-order valence-corrected chi connectivity index (χ0v) is 22.3. The largest absolute Gasteiger partial charge is 0.379 e. The first-order valence-corrected chi connectivity index (χ1v) is 14.4. The number of nitrogens with one attached hydrogen (secondary N) is 1. The second-order valence-corrected chi connectivity index (χ2v) is 9.70. The zero-order valence-electron chi connectivity index (χ0n) is 21.5. The summed E-state index contributed by atoms with van der Waals surface area (Å²) in [4.78, 5) is 9.64. The first kappa shape index (κ1) is 32.2. The van der Waals surface area contributed by atoms with Gasteiger partial charge in [0.15, 0.2) is 0 Å². The van der Waals surface area contributed by atoms with Gasteiger partial charge in [-0.2, -0.15) is 0 Å². The van der Waals surface area contributed by atoms with Crippen LogP contribution in [0, 0.1) is 0 Å². The summed E-state index contributed by atoms with van der Waals surface area (Å²) in [6.07, 6.45) is 21.8. The van der Waals surface area contributed by atoms with E-state index in [-0.39, 0.29) is 12.7 Å². The van der Waals surface area contributed by atoms with Crippen molar-refractivity contribution in [2.75, 3.05) is 47.1 Å². The molecular formula is C25H54NO5P. The van der Waals surface area contributed by atoms with Crippen LogP contribution in [0.4, 0.5) is 0 Å². The molecule has 0 amide bonds. The lowest BCUT2D eigenvalue weighted by Gasteiger charge is -2.17. The van der Waals surface area contributed by atoms with Crippen molar-refractivity contribution in [3.05, 3.63) is 0 Å². The van der Waals surface area contributed by atoms with Crippen LogP contribution < -0.4 is 5.32 Å². The molecule has 0 aliphatic rings. The Morgan fingerprint density at radius 2 is 1.19 bits per heavy atom. The minimum Gasteiger partial charge on any atom is -0.379 e. The van der Waals surface area contributed by atoms with Crippen molar-refractivity contribution >= 4 is 8.60 Å². The SMILES string of the molecule is CCCCCCCCCCCCCCCCCCOCC(COP(O)OCCNC)OC. The fourth-order valence-corrected chi connectivity index (χ4v) is 4.18. The molecule has 6 nitrogen and oxygen atoms in total. The molecule has 0 aromatic rings. The summed E-state index contributed by atoms with van der Waals surface area (Å²) < 4.78 is 21.5. The van der Waals surface area contributed by atoms with Crippen LogP contribution in [0.3, 0.4) is 0 Å². The van der Waals surface area contributed by atoms with Crippen LogP contribution in [0.25, 0.3) is 0 Å². The number of ether oxygens (including phenoxy) is 2. The van der Waals surface area contributed by atoms with Gasteiger partial charge in [-0.3, -0.25) is 0 Å². The number of hydrogen-bond acceptors (Lipinski definition) is 6. The average Bonchev–Trinajstić information content (AvgIpc) is 2.80. The summed E-state index contributed by atoms with van der Waals surface area (Å²) in [7, 11) is 1.62. The molecule has 0 aromatic carbocycles. The Balaban J connectivity index is 3.28. The smallest absolute Gasteiger partial charge is 0.329 e. The van der Waals surface area contributed by atoms with Crippen LogP contribution in [0.2, 0.25) is 0 Å². The molecular weight excluding hydrogens is 425 g/mol. The fourth-order valence-electron chi connectivity index (χ4n) is 3.56. The number of methoxy groups -OCH3 is 1. The monoisotopic (exact) mass is 479 g/mol. The van der Waals surface area contributed by atoms with E-state index in [1.165, 1.54) is 96.3 Å². The van der Waals surface area contributed by atoms with E-state index >= 15 is 0 Å². The van der Waals surface area contributed by atoms with E-state index in [1.54, 1.807) is 7.11 Å². The third kappa shape index (κ3) is 24.8. The minimum atomic E-state index is -1.85. The van der Waals surface area contributed by atoms with Crippen molar-refractivity contribution in [2.24, 2.45) is 0 Å². The quantitative estimate of drug-likeness (QED) is 0.100. The highest BCUT2D eigenvalue weighted by atomic mass is 31.2. The topological polar surface area (TPSA) is 69.2 Å². The van der Waals surface area contributed by atoms with Crippen LogP contribution in [0.15, 0.2) is 0 Å². The lowest BCUT2D eigenvalue weighted by molar-refractivity contribution is -0.0182. The Labute approximate surface area is 200 Å². The van der Waals surface area contributed by atoms with Crippen LogP contribution in [0.5, 0.6) is 0 Å². The molecule has 0 saturated heterocycles. The minimum absolute atomic E-state index is 0.180. The Morgan fingerprint density at radius 3 is 1.66 bits per heavy atom. The molecule has 7 heteroatoms. The van der Waals surface area contributed by atoms with Gasteiger partial charge in [0.1, 0.15) is 6.10 Å². The second kappa shape index (κ2) is 27.4. The van der Waals surface area contributed by atoms with Crippen molar-refractivity contribution in [3.63, 3.8) is 0 Å². The van der Waals surface area contributed by atoms with Crippen molar-refractivity contribution in [1.82, 2.24) is 5.32 Å². The highest BCUT2D eigenvalue weighted by Crippen LogP contribution is 2.32. The summed E-state index contributed by atoms with van der Waals surface area (Å²) >= 11 is 0. The molecule has 0 aliphatic heterocycles. The van der Waals surface area contributed by atoms with E-state index < -0.39 is 8.60 Å². The van der Waals surface area contributed by atoms with E-state index in [2.05, 4.69) is 12.2 Å². The number of likely N-dealkylation sites (N-methyl/N-ethyl adjacent to an activating group) is 1. The van der Waals surface area contributed by atoms with Gasteiger partial charge < -0.3 is 28.7 Å². The molecule has 0 radical (unpaired) electrons. The third-order valence-electron chi connectivity index (χ3n) is 5.70. The van der Waals surface area contributed by atoms with Gasteiger partial charge >= 0.3 is 8.60 Å². The maximum absolute atomic E-state index is 9.64. The third-order valence-corrected chi connectivity index (χ3v) is 6.48. The zero-order chi connectivity index (χ0) is 23.5. The normalized spacial score (nSPS) is 13.5. The number of unbranched alkanes of at least 4 members (excludes halogenated alkanes) is 15. The van der Waals surface area contributed by atoms with E-state index in [4.69, 9.17) is 18.5 Å². The number of hydrogen-bond donors (Lipinski definition) is 2. The molecule has 194 valence electrons. The first-order valence-electron chi connectivity index (χ1n) is 13.2. The van der Waals surface area contributed by atoms with E-state index in [0.29, 0.717) is 19.8 Å². The van der Waals surface area contributed by atoms with Crippen molar-refractivity contribution in [3.8, 4) is 0 Å². The Hall–Kier alpha value is 0.190. The van der Waals surface area contributed by atoms with Crippen molar-refractivity contribution in [1.29, 1.82) is 0 Å². The molecule has 0 aliphatic carbocycles. The lowest BCUT2D eigenvalue weighted by Crippen LogP contribution is -2.24. The summed E-state index contributed by atoms with van der Waals surface area (Å²) in [6, 6.07) is 0. The molecule has 0 heterocycles. The predicted octanol–water partition coefficient (Wildman–Crippen LogP) is 6.75. The van der Waals surface area contributed by atoms with Gasteiger partial charge in [0.2, 0.25) is 0 Å². The van der Waals surface area contributed by atoms with Crippen LogP contribution in [0.1, 0.15) is 110 Å². The van der Waals surface area contributed by atoms with Gasteiger partial charge in [-0.15, -0.1) is 0 Å². The molecule has 2 N–H and O–H groups in total. The molecule has 0 spiro atoms. The van der Waals surface area contributed by atoms with Gasteiger partial charge in [-0.05, 0) is 13.5 Å². The molecule has 0 bridgehead atoms. The van der Waals surface area contributed by atoms with E-state index in [1.807, 2.05) is 7.05 Å². The van der Waals surface area contributed by atoms with E-state index in [9.17, 15) is 4.89 Å². The maximum atomic E-state index is 9.64. The average molecular weight is 480 g/mol. The second-order valence-electron chi connectivity index (χ2n) is 8.71. The van der Waals surface area contributed by atoms with Crippen LogP contribution >= 0.6 is 8.60 Å². The highest BCUT2D eigenvalue weighted by molar-refractivity contribution is 7.40. The summed E-state index contributed by atoms with van der Waals surface area (Å²) in [6.45, 7) is 4.90. The maximum Gasteiger partial charge on any atom is 0.329 e. The Kier molecular flexibility index (Phi) is 27.6. The highest BCUT2D eigenvalue weighted by Gasteiger charge is 2.13. The van der Waals surface area contributed by atoms with Gasteiger partial charge in [0.25, 0.3) is 0 Å². The first-order chi connectivity index (χ1) is 15.7. The lowest BCUT2D eigenvalue weighted by atomic mass is 10.0. The standard InChI is InChI=1S/C25H54NO5P/c1-4-5-6-7-8-9-10-11-12-13-14-15-16-17-18-19-21-29-23-25(28-3)24-31-32(27)30-22-20-26-2/h25-27H,4-24H2,1-3H3. The Bertz CT molecular complexity index is 352. The molecule has 0 saturated carbocycles. The molecule has 32 heavy (non-hydrogen) atoms. The van der Waals surface area contributed by atoms with Crippen molar-refractivity contribution in [2.45, 2.75) is 116 Å². The number of rotatable bonds is 27. The fraction of sp³-hybridized carbons (Fsp3) is 1.00. The molecule has 0 fully saturated rings. The summed E-state index contributed by atoms with van der Waals surface area (Å²) in [5.41, 5.74) is 0. The predicted molar refractivity (Wildman–Crippen MR) is 136 cm³/mol. The van der Waals surface area contributed by atoms with Crippen LogP contribution in [-0.4, -0.2) is 58.1 Å². The van der Waals surface area contributed by atoms with Crippen molar-refractivity contribution < 1.29 is 23.4 Å². The molecule has 0 aromatic heterocycles. The molecule has 2 unspecified atom stereocenters. The molecule has 0 rings (SSSR count). The summed E-state index contributed by atoms with van der Waals surface area (Å²) in [5.74, 6) is 0. The molecule has 2 atom stereocenters. The van der Waals surface area contributed by atoms with E-state index in [0.717, 1.165) is 13.0 Å². The van der Waals surface area contributed by atoms with Gasteiger partial charge in [0.05, 0.1) is 19.8 Å². The Morgan fingerprint density at radius 1 is 0.688 bits per heavy atom. The van der Waals surface area contributed by atoms with Crippen LogP contribution in [-0.2, 0) is 18.5 Å².